The molecule has 3 rings (SSSR count). The van der Waals surface area contributed by atoms with E-state index in [0.717, 1.165) is 29.9 Å². The summed E-state index contributed by atoms with van der Waals surface area (Å²) in [7, 11) is 0. The zero-order chi connectivity index (χ0) is 14.7. The second-order valence-corrected chi connectivity index (χ2v) is 6.04. The molecule has 1 fully saturated rings. The van der Waals surface area contributed by atoms with Crippen LogP contribution in [0.5, 0.6) is 0 Å². The molecule has 0 unspecified atom stereocenters. The van der Waals surface area contributed by atoms with Crippen molar-refractivity contribution < 1.29 is 0 Å². The summed E-state index contributed by atoms with van der Waals surface area (Å²) in [6, 6.07) is 10.5. The predicted molar refractivity (Wildman–Crippen MR) is 83.9 cm³/mol. The van der Waals surface area contributed by atoms with Crippen LogP contribution >= 0.6 is 11.8 Å². The van der Waals surface area contributed by atoms with Gasteiger partial charge in [-0.25, -0.2) is 0 Å². The van der Waals surface area contributed by atoms with Crippen LogP contribution < -0.4 is 4.90 Å². The van der Waals surface area contributed by atoms with E-state index in [2.05, 4.69) is 56.9 Å². The van der Waals surface area contributed by atoms with Crippen LogP contribution in [0.2, 0.25) is 0 Å². The standard InChI is InChI=1S/C15H17N5S/c1-12-4-6-13(7-5-12)20-14(19-9-2-3-10-19)17-18-15(20)21-11-8-16/h4-7H,2-3,9-11H2,1H3. The van der Waals surface area contributed by atoms with Crippen molar-refractivity contribution in [2.45, 2.75) is 24.9 Å². The molecule has 0 saturated carbocycles. The van der Waals surface area contributed by atoms with Gasteiger partial charge in [-0.05, 0) is 31.9 Å². The topological polar surface area (TPSA) is 57.7 Å². The van der Waals surface area contributed by atoms with Crippen molar-refractivity contribution in [3.63, 3.8) is 0 Å². The molecule has 21 heavy (non-hydrogen) atoms. The molecule has 0 bridgehead atoms. The normalized spacial score (nSPS) is 14.4. The smallest absolute Gasteiger partial charge is 0.232 e. The van der Waals surface area contributed by atoms with Crippen molar-refractivity contribution in [1.29, 1.82) is 5.26 Å². The van der Waals surface area contributed by atoms with Crippen molar-refractivity contribution in [1.82, 2.24) is 14.8 Å². The molecular weight excluding hydrogens is 282 g/mol. The Morgan fingerprint density at radius 1 is 1.19 bits per heavy atom. The number of benzene rings is 1. The van der Waals surface area contributed by atoms with Gasteiger partial charge in [0.05, 0.1) is 17.5 Å². The molecule has 1 aliphatic rings. The van der Waals surface area contributed by atoms with Crippen molar-refractivity contribution in [2.24, 2.45) is 0 Å². The van der Waals surface area contributed by atoms with Crippen molar-refractivity contribution in [2.75, 3.05) is 23.7 Å². The number of rotatable bonds is 4. The summed E-state index contributed by atoms with van der Waals surface area (Å²) in [4.78, 5) is 2.27. The third kappa shape index (κ3) is 2.88. The average Bonchev–Trinajstić information content (AvgIpc) is 3.15. The predicted octanol–water partition coefficient (Wildman–Crippen LogP) is 2.79. The maximum atomic E-state index is 8.81. The summed E-state index contributed by atoms with van der Waals surface area (Å²) in [5, 5.41) is 18.2. The Kier molecular flexibility index (Phi) is 4.11. The number of thioether (sulfide) groups is 1. The third-order valence-electron chi connectivity index (χ3n) is 3.56. The van der Waals surface area contributed by atoms with Crippen LogP contribution in [-0.4, -0.2) is 33.6 Å². The minimum atomic E-state index is 0.379. The lowest BCUT2D eigenvalue weighted by atomic mass is 10.2. The van der Waals surface area contributed by atoms with Crippen LogP contribution in [0.4, 0.5) is 5.95 Å². The largest absolute Gasteiger partial charge is 0.341 e. The van der Waals surface area contributed by atoms with Gasteiger partial charge in [0.25, 0.3) is 0 Å². The molecule has 1 aliphatic heterocycles. The second-order valence-electron chi connectivity index (χ2n) is 5.09. The molecule has 6 heteroatoms. The molecular formula is C15H17N5S. The fourth-order valence-corrected chi connectivity index (χ4v) is 3.10. The van der Waals surface area contributed by atoms with Crippen LogP contribution in [0.1, 0.15) is 18.4 Å². The minimum absolute atomic E-state index is 0.379. The highest BCUT2D eigenvalue weighted by Crippen LogP contribution is 2.28. The zero-order valence-electron chi connectivity index (χ0n) is 12.0. The first-order valence-corrected chi connectivity index (χ1v) is 8.05. The summed E-state index contributed by atoms with van der Waals surface area (Å²) in [5.41, 5.74) is 2.27. The number of hydrogen-bond donors (Lipinski definition) is 0. The Labute approximate surface area is 128 Å². The molecule has 2 aromatic rings. The highest BCUT2D eigenvalue weighted by molar-refractivity contribution is 7.99. The molecule has 0 spiro atoms. The zero-order valence-corrected chi connectivity index (χ0v) is 12.8. The van der Waals surface area contributed by atoms with Crippen LogP contribution in [-0.2, 0) is 0 Å². The van der Waals surface area contributed by atoms with E-state index in [4.69, 9.17) is 5.26 Å². The summed E-state index contributed by atoms with van der Waals surface area (Å²) < 4.78 is 2.06. The monoisotopic (exact) mass is 299 g/mol. The maximum absolute atomic E-state index is 8.81. The first kappa shape index (κ1) is 14.0. The van der Waals surface area contributed by atoms with Crippen LogP contribution in [0.3, 0.4) is 0 Å². The Morgan fingerprint density at radius 2 is 1.90 bits per heavy atom. The first-order chi connectivity index (χ1) is 10.3. The molecule has 0 aliphatic carbocycles. The number of nitriles is 1. The second kappa shape index (κ2) is 6.19. The molecule has 0 amide bonds. The molecule has 1 saturated heterocycles. The lowest BCUT2D eigenvalue weighted by Crippen LogP contribution is -2.22. The van der Waals surface area contributed by atoms with Crippen molar-refractivity contribution in [3.8, 4) is 11.8 Å². The molecule has 108 valence electrons. The molecule has 0 radical (unpaired) electrons. The van der Waals surface area contributed by atoms with Gasteiger partial charge in [-0.2, -0.15) is 5.26 Å². The molecule has 2 heterocycles. The Bertz CT molecular complexity index is 650. The number of hydrogen-bond acceptors (Lipinski definition) is 5. The van der Waals surface area contributed by atoms with E-state index in [-0.39, 0.29) is 0 Å². The van der Waals surface area contributed by atoms with Crippen LogP contribution in [0.15, 0.2) is 29.4 Å². The van der Waals surface area contributed by atoms with E-state index in [1.54, 1.807) is 0 Å². The van der Waals surface area contributed by atoms with Crippen LogP contribution in [0.25, 0.3) is 5.69 Å². The van der Waals surface area contributed by atoms with E-state index < -0.39 is 0 Å². The average molecular weight is 299 g/mol. The molecule has 1 aromatic heterocycles. The van der Waals surface area contributed by atoms with E-state index in [9.17, 15) is 0 Å². The van der Waals surface area contributed by atoms with E-state index in [1.807, 2.05) is 0 Å². The number of anilines is 1. The highest BCUT2D eigenvalue weighted by Gasteiger charge is 2.22. The highest BCUT2D eigenvalue weighted by atomic mass is 32.2. The van der Waals surface area contributed by atoms with Gasteiger partial charge in [0.2, 0.25) is 5.95 Å². The Balaban J connectivity index is 2.02. The first-order valence-electron chi connectivity index (χ1n) is 7.07. The molecule has 0 atom stereocenters. The molecule has 1 aromatic carbocycles. The van der Waals surface area contributed by atoms with Crippen molar-refractivity contribution in [3.05, 3.63) is 29.8 Å². The maximum Gasteiger partial charge on any atom is 0.232 e. The van der Waals surface area contributed by atoms with E-state index in [1.165, 1.54) is 30.2 Å². The van der Waals surface area contributed by atoms with Gasteiger partial charge in [0, 0.05) is 13.1 Å². The molecule has 5 nitrogen and oxygen atoms in total. The lowest BCUT2D eigenvalue weighted by Gasteiger charge is -2.18. The molecule has 0 N–H and O–H groups in total. The van der Waals surface area contributed by atoms with Crippen LogP contribution in [0, 0.1) is 18.3 Å². The SMILES string of the molecule is Cc1ccc(-n2c(SCC#N)nnc2N2CCCC2)cc1. The van der Waals surface area contributed by atoms with Gasteiger partial charge in [-0.3, -0.25) is 4.57 Å². The third-order valence-corrected chi connectivity index (χ3v) is 4.36. The van der Waals surface area contributed by atoms with E-state index >= 15 is 0 Å². The van der Waals surface area contributed by atoms with Gasteiger partial charge >= 0.3 is 0 Å². The van der Waals surface area contributed by atoms with Gasteiger partial charge in [-0.1, -0.05) is 29.5 Å². The van der Waals surface area contributed by atoms with Gasteiger partial charge in [-0.15, -0.1) is 10.2 Å². The summed E-state index contributed by atoms with van der Waals surface area (Å²) >= 11 is 1.43. The lowest BCUT2D eigenvalue weighted by molar-refractivity contribution is 0.842. The Morgan fingerprint density at radius 3 is 2.57 bits per heavy atom. The van der Waals surface area contributed by atoms with E-state index in [0.29, 0.717) is 5.75 Å². The summed E-state index contributed by atoms with van der Waals surface area (Å²) in [5.74, 6) is 1.26. The van der Waals surface area contributed by atoms with Gasteiger partial charge in [0.1, 0.15) is 0 Å². The minimum Gasteiger partial charge on any atom is -0.341 e. The fraction of sp³-hybridized carbons (Fsp3) is 0.400. The van der Waals surface area contributed by atoms with Crippen molar-refractivity contribution >= 4 is 17.7 Å². The quantitative estimate of drug-likeness (QED) is 0.813. The summed E-state index contributed by atoms with van der Waals surface area (Å²) in [6.07, 6.45) is 2.39. The van der Waals surface area contributed by atoms with Gasteiger partial charge < -0.3 is 4.90 Å². The number of aryl methyl sites for hydroxylation is 1. The number of aromatic nitrogens is 3. The fourth-order valence-electron chi connectivity index (χ4n) is 2.49. The Hall–Kier alpha value is -2.00. The van der Waals surface area contributed by atoms with Gasteiger partial charge in [0.15, 0.2) is 5.16 Å². The summed E-state index contributed by atoms with van der Waals surface area (Å²) in [6.45, 7) is 4.11. The number of nitrogens with zero attached hydrogens (tertiary/aromatic N) is 5.